The first-order valence-corrected chi connectivity index (χ1v) is 7.16. The van der Waals surface area contributed by atoms with E-state index >= 15 is 0 Å². The summed E-state index contributed by atoms with van der Waals surface area (Å²) in [4.78, 5) is 43.5. The van der Waals surface area contributed by atoms with Gasteiger partial charge in [0.15, 0.2) is 10.3 Å². The van der Waals surface area contributed by atoms with Gasteiger partial charge in [-0.2, -0.15) is 0 Å². The van der Waals surface area contributed by atoms with Crippen molar-refractivity contribution < 1.29 is 14.7 Å². The molecule has 0 aliphatic carbocycles. The molecule has 9 nitrogen and oxygen atoms in total. The zero-order valence-electron chi connectivity index (χ0n) is 12.0. The molecule has 2 amide bonds. The number of rotatable bonds is 3. The third-order valence-electron chi connectivity index (χ3n) is 3.20. The fourth-order valence-corrected chi connectivity index (χ4v) is 2.30. The number of aromatic hydroxyl groups is 1. The number of carbonyl (C=O) groups excluding carboxylic acids is 2. The summed E-state index contributed by atoms with van der Waals surface area (Å²) in [5.41, 5.74) is -0.188. The van der Waals surface area contributed by atoms with Gasteiger partial charge in [-0.25, -0.2) is 0 Å². The summed E-state index contributed by atoms with van der Waals surface area (Å²) in [6.45, 7) is 0.0885. The number of H-pyrrole nitrogens is 2. The second-order valence-electron chi connectivity index (χ2n) is 4.88. The Morgan fingerprint density at radius 3 is 2.50 bits per heavy atom. The van der Waals surface area contributed by atoms with Gasteiger partial charge in [-0.1, -0.05) is 0 Å². The molecular formula is C14H11N5O4S. The van der Waals surface area contributed by atoms with Gasteiger partial charge in [-0.3, -0.25) is 24.4 Å². The van der Waals surface area contributed by atoms with Crippen LogP contribution in [0.2, 0.25) is 0 Å². The van der Waals surface area contributed by atoms with Gasteiger partial charge in [0, 0.05) is 11.3 Å². The maximum absolute atomic E-state index is 12.1. The largest absolute Gasteiger partial charge is 0.494 e. The Bertz CT molecular complexity index is 974. The normalized spacial score (nSPS) is 13.3. The molecule has 1 aromatic carbocycles. The number of hydrogen-bond acceptors (Lipinski definition) is 6. The van der Waals surface area contributed by atoms with Crippen molar-refractivity contribution in [2.45, 2.75) is 0 Å². The molecule has 0 fully saturated rings. The molecule has 5 N–H and O–H groups in total. The van der Waals surface area contributed by atoms with Gasteiger partial charge in [0.1, 0.15) is 12.4 Å². The molecule has 1 aromatic heterocycles. The minimum absolute atomic E-state index is 0.0854. The van der Waals surface area contributed by atoms with Crippen LogP contribution in [0.25, 0.3) is 0 Å². The highest BCUT2D eigenvalue weighted by atomic mass is 32.1. The average molecular weight is 345 g/mol. The summed E-state index contributed by atoms with van der Waals surface area (Å²) >= 11 is 4.69. The number of hydrogen-bond donors (Lipinski definition) is 5. The summed E-state index contributed by atoms with van der Waals surface area (Å²) in [6.07, 6.45) is 0. The number of benzene rings is 1. The lowest BCUT2D eigenvalue weighted by Crippen LogP contribution is -2.25. The number of aromatic nitrogens is 2. The summed E-state index contributed by atoms with van der Waals surface area (Å²) in [6, 6.07) is 6.47. The van der Waals surface area contributed by atoms with E-state index < -0.39 is 22.9 Å². The Balaban J connectivity index is 1.79. The van der Waals surface area contributed by atoms with Crippen molar-refractivity contribution in [3.8, 4) is 5.88 Å². The number of amidine groups is 1. The molecule has 0 radical (unpaired) electrons. The van der Waals surface area contributed by atoms with Crippen molar-refractivity contribution in [2.75, 3.05) is 11.9 Å². The zero-order valence-corrected chi connectivity index (χ0v) is 12.9. The molecule has 3 rings (SSSR count). The molecule has 0 unspecified atom stereocenters. The summed E-state index contributed by atoms with van der Waals surface area (Å²) < 4.78 is -0.0854. The summed E-state index contributed by atoms with van der Waals surface area (Å²) in [5.74, 6) is -1.12. The van der Waals surface area contributed by atoms with Crippen LogP contribution in [0.4, 0.5) is 5.69 Å². The molecule has 10 heteroatoms. The van der Waals surface area contributed by atoms with Crippen LogP contribution >= 0.6 is 12.2 Å². The molecular weight excluding hydrogens is 334 g/mol. The first-order chi connectivity index (χ1) is 11.4. The molecule has 1 aliphatic heterocycles. The molecule has 0 atom stereocenters. The number of anilines is 1. The fraction of sp³-hybridized carbons (Fsp3) is 0.0714. The second kappa shape index (κ2) is 6.08. The number of aromatic amines is 2. The van der Waals surface area contributed by atoms with E-state index in [0.717, 1.165) is 0 Å². The Labute approximate surface area is 139 Å². The molecule has 1 aliphatic rings. The topological polar surface area (TPSA) is 139 Å². The monoisotopic (exact) mass is 345 g/mol. The molecule has 2 aromatic rings. The van der Waals surface area contributed by atoms with E-state index in [9.17, 15) is 19.5 Å². The fourth-order valence-electron chi connectivity index (χ4n) is 2.12. The Hall–Kier alpha value is -3.27. The lowest BCUT2D eigenvalue weighted by molar-refractivity contribution is -0.117. The first-order valence-electron chi connectivity index (χ1n) is 6.75. The minimum Gasteiger partial charge on any atom is -0.494 e. The van der Waals surface area contributed by atoms with Crippen LogP contribution in [-0.2, 0) is 4.79 Å². The van der Waals surface area contributed by atoms with Gasteiger partial charge >= 0.3 is 0 Å². The van der Waals surface area contributed by atoms with Gasteiger partial charge in [-0.15, -0.1) is 0 Å². The Kier molecular flexibility index (Phi) is 3.96. The second-order valence-corrected chi connectivity index (χ2v) is 5.28. The van der Waals surface area contributed by atoms with Gasteiger partial charge in [0.05, 0.1) is 0 Å². The standard InChI is InChI=1S/C14H11N5O4S/c20-8-5-15-10(17-8)6-1-3-7(4-2-6)16-11(21)9-12(22)18-14(24)19-13(9)23/h1-4H,5H2,(H,16,21)(H,15,17,20)(H3,18,19,22,23,24). The quantitative estimate of drug-likeness (QED) is 0.508. The molecule has 122 valence electrons. The first kappa shape index (κ1) is 15.6. The van der Waals surface area contributed by atoms with Crippen LogP contribution < -0.4 is 16.2 Å². The lowest BCUT2D eigenvalue weighted by atomic mass is 10.2. The highest BCUT2D eigenvalue weighted by molar-refractivity contribution is 7.71. The third-order valence-corrected chi connectivity index (χ3v) is 3.41. The zero-order chi connectivity index (χ0) is 17.3. The summed E-state index contributed by atoms with van der Waals surface area (Å²) in [7, 11) is 0. The highest BCUT2D eigenvalue weighted by Gasteiger charge is 2.18. The molecule has 2 heterocycles. The number of amides is 2. The third kappa shape index (κ3) is 3.08. The lowest BCUT2D eigenvalue weighted by Gasteiger charge is -2.07. The van der Waals surface area contributed by atoms with Crippen LogP contribution in [-0.4, -0.2) is 39.3 Å². The van der Waals surface area contributed by atoms with E-state index in [1.54, 1.807) is 24.3 Å². The predicted molar refractivity (Wildman–Crippen MR) is 87.9 cm³/mol. The number of carbonyl (C=O) groups is 2. The van der Waals surface area contributed by atoms with Gasteiger partial charge < -0.3 is 20.7 Å². The maximum atomic E-state index is 12.1. The number of aliphatic imine (C=N–C) groups is 1. The van der Waals surface area contributed by atoms with E-state index in [-0.39, 0.29) is 17.2 Å². The van der Waals surface area contributed by atoms with Gasteiger partial charge in [-0.05, 0) is 36.5 Å². The molecule has 0 saturated heterocycles. The van der Waals surface area contributed by atoms with Crippen molar-refractivity contribution in [1.29, 1.82) is 0 Å². The molecule has 24 heavy (non-hydrogen) atoms. The van der Waals surface area contributed by atoms with Gasteiger partial charge in [0.2, 0.25) is 11.8 Å². The highest BCUT2D eigenvalue weighted by Crippen LogP contribution is 2.14. The number of nitrogens with zero attached hydrogens (tertiary/aromatic N) is 1. The predicted octanol–water partition coefficient (Wildman–Crippen LogP) is 0.267. The van der Waals surface area contributed by atoms with Crippen LogP contribution in [0, 0.1) is 4.77 Å². The van der Waals surface area contributed by atoms with E-state index in [2.05, 4.69) is 25.6 Å². The van der Waals surface area contributed by atoms with Crippen molar-refractivity contribution in [3.63, 3.8) is 0 Å². The summed E-state index contributed by atoms with van der Waals surface area (Å²) in [5, 5.41) is 14.8. The molecule has 0 spiro atoms. The van der Waals surface area contributed by atoms with E-state index in [1.807, 2.05) is 0 Å². The SMILES string of the molecule is O=C1CN=C(c2ccc(NC(=O)c3c(O)[nH]c(=S)[nH]c3=O)cc2)N1. The van der Waals surface area contributed by atoms with Gasteiger partial charge in [0.25, 0.3) is 11.5 Å². The van der Waals surface area contributed by atoms with Crippen LogP contribution in [0.15, 0.2) is 34.1 Å². The van der Waals surface area contributed by atoms with Crippen LogP contribution in [0.3, 0.4) is 0 Å². The molecule has 0 bridgehead atoms. The van der Waals surface area contributed by atoms with Crippen molar-refractivity contribution in [3.05, 3.63) is 50.5 Å². The van der Waals surface area contributed by atoms with Crippen LogP contribution in [0.1, 0.15) is 15.9 Å². The number of nitrogens with one attached hydrogen (secondary N) is 4. The van der Waals surface area contributed by atoms with Crippen LogP contribution in [0.5, 0.6) is 5.88 Å². The van der Waals surface area contributed by atoms with E-state index in [1.165, 1.54) is 0 Å². The van der Waals surface area contributed by atoms with Crippen molar-refractivity contribution >= 4 is 35.6 Å². The Morgan fingerprint density at radius 1 is 1.21 bits per heavy atom. The van der Waals surface area contributed by atoms with E-state index in [0.29, 0.717) is 17.1 Å². The van der Waals surface area contributed by atoms with E-state index in [4.69, 9.17) is 12.2 Å². The minimum atomic E-state index is -0.798. The van der Waals surface area contributed by atoms with Crippen molar-refractivity contribution in [1.82, 2.24) is 15.3 Å². The smallest absolute Gasteiger partial charge is 0.268 e. The van der Waals surface area contributed by atoms with Crippen molar-refractivity contribution in [2.24, 2.45) is 4.99 Å². The Morgan fingerprint density at radius 2 is 1.92 bits per heavy atom. The maximum Gasteiger partial charge on any atom is 0.268 e. The average Bonchev–Trinajstić information content (AvgIpc) is 2.93. The molecule has 0 saturated carbocycles.